The Morgan fingerprint density at radius 1 is 1.71 bits per heavy atom. The molecule has 1 aromatic rings. The topological polar surface area (TPSA) is 53.7 Å². The number of halogens is 1. The number of furan rings is 1. The summed E-state index contributed by atoms with van der Waals surface area (Å²) >= 11 is 3.14. The molecule has 14 heavy (non-hydrogen) atoms. The van der Waals surface area contributed by atoms with Crippen molar-refractivity contribution in [2.24, 2.45) is 0 Å². The molecule has 0 atom stereocenters. The lowest BCUT2D eigenvalue weighted by Crippen LogP contribution is -2.33. The summed E-state index contributed by atoms with van der Waals surface area (Å²) in [5, 5.41) is 8.75. The van der Waals surface area contributed by atoms with Gasteiger partial charge in [-0.3, -0.25) is 4.79 Å². The van der Waals surface area contributed by atoms with E-state index in [4.69, 9.17) is 9.52 Å². The first kappa shape index (κ1) is 11.3. The molecule has 1 aromatic heterocycles. The zero-order valence-electron chi connectivity index (χ0n) is 7.86. The normalized spacial score (nSPS) is 10.2. The van der Waals surface area contributed by atoms with Crippen LogP contribution in [0, 0.1) is 0 Å². The van der Waals surface area contributed by atoms with Crippen molar-refractivity contribution in [3.05, 3.63) is 22.6 Å². The van der Waals surface area contributed by atoms with Crippen molar-refractivity contribution in [2.45, 2.75) is 6.92 Å². The standard InChI is InChI=1S/C9H12BrNO3/c1-2-11(4-5-12)9(13)7-3-6-14-8(7)10/h3,6,12H,2,4-5H2,1H3. The number of hydrogen-bond donors (Lipinski definition) is 1. The number of likely N-dealkylation sites (N-methyl/N-ethyl adjacent to an activating group) is 1. The van der Waals surface area contributed by atoms with Crippen LogP contribution in [-0.2, 0) is 0 Å². The molecule has 0 bridgehead atoms. The fourth-order valence-corrected chi connectivity index (χ4v) is 1.55. The zero-order valence-corrected chi connectivity index (χ0v) is 9.45. The number of rotatable bonds is 4. The molecule has 0 aromatic carbocycles. The van der Waals surface area contributed by atoms with Crippen LogP contribution in [0.2, 0.25) is 0 Å². The van der Waals surface area contributed by atoms with Crippen LogP contribution in [0.5, 0.6) is 0 Å². The predicted molar refractivity (Wildman–Crippen MR) is 55.1 cm³/mol. The highest BCUT2D eigenvalue weighted by Crippen LogP contribution is 2.19. The Morgan fingerprint density at radius 3 is 2.86 bits per heavy atom. The molecule has 78 valence electrons. The minimum Gasteiger partial charge on any atom is -0.457 e. The van der Waals surface area contributed by atoms with E-state index in [-0.39, 0.29) is 12.5 Å². The Morgan fingerprint density at radius 2 is 2.43 bits per heavy atom. The van der Waals surface area contributed by atoms with Crippen LogP contribution >= 0.6 is 15.9 Å². The Labute approximate surface area is 90.6 Å². The molecule has 0 unspecified atom stereocenters. The van der Waals surface area contributed by atoms with Crippen LogP contribution in [0.3, 0.4) is 0 Å². The van der Waals surface area contributed by atoms with E-state index < -0.39 is 0 Å². The van der Waals surface area contributed by atoms with Crippen LogP contribution in [-0.4, -0.2) is 35.6 Å². The van der Waals surface area contributed by atoms with E-state index in [0.29, 0.717) is 23.3 Å². The number of amides is 1. The average Bonchev–Trinajstić information content (AvgIpc) is 2.59. The summed E-state index contributed by atoms with van der Waals surface area (Å²) in [5.41, 5.74) is 0.486. The zero-order chi connectivity index (χ0) is 10.6. The number of aliphatic hydroxyl groups excluding tert-OH is 1. The Balaban J connectivity index is 2.78. The Kier molecular flexibility index (Phi) is 4.16. The largest absolute Gasteiger partial charge is 0.457 e. The van der Waals surface area contributed by atoms with Crippen molar-refractivity contribution < 1.29 is 14.3 Å². The number of carbonyl (C=O) groups excluding carboxylic acids is 1. The van der Waals surface area contributed by atoms with Crippen molar-refractivity contribution in [3.8, 4) is 0 Å². The van der Waals surface area contributed by atoms with Crippen molar-refractivity contribution in [2.75, 3.05) is 19.7 Å². The highest BCUT2D eigenvalue weighted by atomic mass is 79.9. The molecule has 1 amide bonds. The van der Waals surface area contributed by atoms with Crippen LogP contribution in [0.15, 0.2) is 21.4 Å². The lowest BCUT2D eigenvalue weighted by Gasteiger charge is -2.18. The highest BCUT2D eigenvalue weighted by molar-refractivity contribution is 9.10. The lowest BCUT2D eigenvalue weighted by atomic mass is 10.3. The molecule has 1 N–H and O–H groups in total. The molecular weight excluding hydrogens is 250 g/mol. The molecule has 0 aliphatic rings. The van der Waals surface area contributed by atoms with Gasteiger partial charge in [0.1, 0.15) is 0 Å². The summed E-state index contributed by atoms with van der Waals surface area (Å²) in [6.07, 6.45) is 1.45. The third kappa shape index (κ3) is 2.36. The maximum atomic E-state index is 11.8. The number of aliphatic hydroxyl groups is 1. The van der Waals surface area contributed by atoms with Gasteiger partial charge in [-0.25, -0.2) is 0 Å². The Bertz CT molecular complexity index is 311. The molecule has 0 saturated carbocycles. The second kappa shape index (κ2) is 5.17. The smallest absolute Gasteiger partial charge is 0.258 e. The van der Waals surface area contributed by atoms with E-state index in [1.165, 1.54) is 6.26 Å². The van der Waals surface area contributed by atoms with Crippen LogP contribution in [0.25, 0.3) is 0 Å². The first-order valence-corrected chi connectivity index (χ1v) is 5.13. The fraction of sp³-hybridized carbons (Fsp3) is 0.444. The molecule has 5 heteroatoms. The molecular formula is C9H12BrNO3. The highest BCUT2D eigenvalue weighted by Gasteiger charge is 2.17. The van der Waals surface area contributed by atoms with E-state index in [0.717, 1.165) is 0 Å². The number of carbonyl (C=O) groups is 1. The minimum absolute atomic E-state index is 0.0327. The van der Waals surface area contributed by atoms with Gasteiger partial charge in [-0.15, -0.1) is 0 Å². The van der Waals surface area contributed by atoms with Gasteiger partial charge in [0.25, 0.3) is 5.91 Å². The summed E-state index contributed by atoms with van der Waals surface area (Å²) in [5.74, 6) is -0.137. The van der Waals surface area contributed by atoms with Gasteiger partial charge in [-0.1, -0.05) is 0 Å². The number of hydrogen-bond acceptors (Lipinski definition) is 3. The van der Waals surface area contributed by atoms with Crippen molar-refractivity contribution in [3.63, 3.8) is 0 Å². The average molecular weight is 262 g/mol. The van der Waals surface area contributed by atoms with E-state index in [1.807, 2.05) is 6.92 Å². The van der Waals surface area contributed by atoms with Gasteiger partial charge in [0.15, 0.2) is 4.67 Å². The third-order valence-electron chi connectivity index (χ3n) is 1.89. The second-order valence-electron chi connectivity index (χ2n) is 2.72. The molecule has 0 aliphatic heterocycles. The van der Waals surface area contributed by atoms with Gasteiger partial charge >= 0.3 is 0 Å². The van der Waals surface area contributed by atoms with Crippen molar-refractivity contribution in [1.82, 2.24) is 4.90 Å². The third-order valence-corrected chi connectivity index (χ3v) is 2.50. The van der Waals surface area contributed by atoms with Crippen LogP contribution < -0.4 is 0 Å². The van der Waals surface area contributed by atoms with Gasteiger partial charge in [0.2, 0.25) is 0 Å². The molecule has 0 radical (unpaired) electrons. The monoisotopic (exact) mass is 261 g/mol. The van der Waals surface area contributed by atoms with E-state index in [9.17, 15) is 4.79 Å². The van der Waals surface area contributed by atoms with Gasteiger partial charge in [-0.2, -0.15) is 0 Å². The summed E-state index contributed by atoms with van der Waals surface area (Å²) in [6.45, 7) is 2.74. The first-order chi connectivity index (χ1) is 6.70. The van der Waals surface area contributed by atoms with Crippen LogP contribution in [0.1, 0.15) is 17.3 Å². The van der Waals surface area contributed by atoms with Crippen molar-refractivity contribution >= 4 is 21.8 Å². The van der Waals surface area contributed by atoms with Gasteiger partial charge in [0.05, 0.1) is 18.4 Å². The first-order valence-electron chi connectivity index (χ1n) is 4.33. The minimum atomic E-state index is -0.137. The van der Waals surface area contributed by atoms with E-state index >= 15 is 0 Å². The molecule has 0 fully saturated rings. The SMILES string of the molecule is CCN(CCO)C(=O)c1ccoc1Br. The molecule has 1 rings (SSSR count). The van der Waals surface area contributed by atoms with Gasteiger partial charge < -0.3 is 14.4 Å². The lowest BCUT2D eigenvalue weighted by molar-refractivity contribution is 0.0730. The quantitative estimate of drug-likeness (QED) is 0.894. The number of nitrogens with zero attached hydrogens (tertiary/aromatic N) is 1. The summed E-state index contributed by atoms with van der Waals surface area (Å²) in [6, 6.07) is 1.60. The molecule has 1 heterocycles. The predicted octanol–water partition coefficient (Wildman–Crippen LogP) is 1.50. The van der Waals surface area contributed by atoms with Gasteiger partial charge in [-0.05, 0) is 28.9 Å². The molecule has 0 spiro atoms. The molecule has 4 nitrogen and oxygen atoms in total. The maximum Gasteiger partial charge on any atom is 0.258 e. The van der Waals surface area contributed by atoms with Crippen molar-refractivity contribution in [1.29, 1.82) is 0 Å². The van der Waals surface area contributed by atoms with E-state index in [1.54, 1.807) is 11.0 Å². The maximum absolute atomic E-state index is 11.8. The fourth-order valence-electron chi connectivity index (χ4n) is 1.14. The summed E-state index contributed by atoms with van der Waals surface area (Å²) in [4.78, 5) is 13.3. The summed E-state index contributed by atoms with van der Waals surface area (Å²) in [7, 11) is 0. The summed E-state index contributed by atoms with van der Waals surface area (Å²) < 4.78 is 5.39. The second-order valence-corrected chi connectivity index (χ2v) is 3.44. The van der Waals surface area contributed by atoms with Crippen LogP contribution in [0.4, 0.5) is 0 Å². The Hall–Kier alpha value is -0.810. The van der Waals surface area contributed by atoms with Gasteiger partial charge in [0, 0.05) is 13.1 Å². The van der Waals surface area contributed by atoms with E-state index in [2.05, 4.69) is 15.9 Å². The molecule has 0 aliphatic carbocycles. The molecule has 0 saturated heterocycles.